The number of carbonyl (C=O) groups is 1. The van der Waals surface area contributed by atoms with Crippen LogP contribution in [0, 0.1) is 0 Å². The van der Waals surface area contributed by atoms with Crippen molar-refractivity contribution in [3.05, 3.63) is 23.8 Å². The second-order valence-electron chi connectivity index (χ2n) is 5.07. The molecule has 0 heterocycles. The Morgan fingerprint density at radius 3 is 2.79 bits per heavy atom. The third kappa shape index (κ3) is 3.17. The molecule has 0 aromatic heterocycles. The number of benzene rings is 1. The molecule has 1 saturated carbocycles. The van der Waals surface area contributed by atoms with Crippen LogP contribution in [0.3, 0.4) is 0 Å². The lowest BCUT2D eigenvalue weighted by molar-refractivity contribution is 0.0449. The van der Waals surface area contributed by atoms with Gasteiger partial charge in [-0.1, -0.05) is 12.8 Å². The summed E-state index contributed by atoms with van der Waals surface area (Å²) in [4.78, 5) is 12.0. The van der Waals surface area contributed by atoms with Crippen molar-refractivity contribution in [3.8, 4) is 5.75 Å². The first-order valence-corrected chi connectivity index (χ1v) is 6.48. The molecule has 104 valence electrons. The van der Waals surface area contributed by atoms with E-state index in [-0.39, 0.29) is 5.91 Å². The molecule has 5 nitrogen and oxygen atoms in total. The molecule has 19 heavy (non-hydrogen) atoms. The minimum Gasteiger partial charge on any atom is -0.495 e. The van der Waals surface area contributed by atoms with E-state index in [1.807, 2.05) is 0 Å². The van der Waals surface area contributed by atoms with Gasteiger partial charge in [0.1, 0.15) is 5.75 Å². The number of amides is 1. The van der Waals surface area contributed by atoms with Gasteiger partial charge in [0.2, 0.25) is 0 Å². The number of nitrogens with two attached hydrogens (primary N) is 1. The maximum absolute atomic E-state index is 12.0. The monoisotopic (exact) mass is 264 g/mol. The molecule has 1 aromatic carbocycles. The first-order chi connectivity index (χ1) is 9.04. The van der Waals surface area contributed by atoms with Crippen molar-refractivity contribution in [1.82, 2.24) is 5.32 Å². The van der Waals surface area contributed by atoms with Crippen LogP contribution in [-0.2, 0) is 0 Å². The Morgan fingerprint density at radius 1 is 1.47 bits per heavy atom. The van der Waals surface area contributed by atoms with Crippen LogP contribution in [0.5, 0.6) is 5.75 Å². The predicted octanol–water partition coefficient (Wildman–Crippen LogP) is 1.31. The first-order valence-electron chi connectivity index (χ1n) is 6.48. The Labute approximate surface area is 112 Å². The van der Waals surface area contributed by atoms with E-state index in [4.69, 9.17) is 10.5 Å². The molecule has 0 saturated heterocycles. The normalized spacial score (nSPS) is 17.2. The van der Waals surface area contributed by atoms with Crippen molar-refractivity contribution in [1.29, 1.82) is 0 Å². The van der Waals surface area contributed by atoms with E-state index in [0.717, 1.165) is 25.7 Å². The van der Waals surface area contributed by atoms with Crippen molar-refractivity contribution in [2.75, 3.05) is 19.4 Å². The molecule has 0 radical (unpaired) electrons. The number of aliphatic hydroxyl groups is 1. The van der Waals surface area contributed by atoms with Gasteiger partial charge in [0, 0.05) is 12.1 Å². The molecule has 1 amide bonds. The maximum atomic E-state index is 12.0. The number of nitrogen functional groups attached to an aromatic ring is 1. The molecule has 1 aromatic rings. The van der Waals surface area contributed by atoms with Crippen LogP contribution in [-0.4, -0.2) is 30.3 Å². The van der Waals surface area contributed by atoms with Crippen molar-refractivity contribution in [3.63, 3.8) is 0 Å². The van der Waals surface area contributed by atoms with E-state index in [0.29, 0.717) is 23.5 Å². The third-order valence-corrected chi connectivity index (χ3v) is 3.61. The van der Waals surface area contributed by atoms with Gasteiger partial charge < -0.3 is 20.9 Å². The van der Waals surface area contributed by atoms with E-state index in [2.05, 4.69) is 5.32 Å². The highest BCUT2D eigenvalue weighted by atomic mass is 16.5. The summed E-state index contributed by atoms with van der Waals surface area (Å²) >= 11 is 0. The largest absolute Gasteiger partial charge is 0.495 e. The van der Waals surface area contributed by atoms with Gasteiger partial charge in [-0.25, -0.2) is 0 Å². The van der Waals surface area contributed by atoms with Crippen LogP contribution < -0.4 is 15.8 Å². The number of methoxy groups -OCH3 is 1. The number of hydrogen-bond acceptors (Lipinski definition) is 4. The Hall–Kier alpha value is -1.75. The zero-order valence-electron chi connectivity index (χ0n) is 11.1. The van der Waals surface area contributed by atoms with Crippen LogP contribution in [0.25, 0.3) is 0 Å². The first kappa shape index (κ1) is 13.7. The standard InChI is InChI=1S/C14H20N2O3/c1-19-12-8-10(4-5-11(12)15)13(17)16-9-14(18)6-2-3-7-14/h4-5,8,18H,2-3,6-7,9,15H2,1H3,(H,16,17). The number of nitrogens with one attached hydrogen (secondary N) is 1. The fourth-order valence-electron chi connectivity index (χ4n) is 2.41. The minimum atomic E-state index is -0.743. The summed E-state index contributed by atoms with van der Waals surface area (Å²) in [6, 6.07) is 4.88. The predicted molar refractivity (Wildman–Crippen MR) is 73.2 cm³/mol. The highest BCUT2D eigenvalue weighted by Gasteiger charge is 2.31. The smallest absolute Gasteiger partial charge is 0.251 e. The molecule has 0 bridgehead atoms. The number of hydrogen-bond donors (Lipinski definition) is 3. The summed E-state index contributed by atoms with van der Waals surface area (Å²) in [6.07, 6.45) is 3.53. The summed E-state index contributed by atoms with van der Waals surface area (Å²) in [7, 11) is 1.51. The SMILES string of the molecule is COc1cc(C(=O)NCC2(O)CCCC2)ccc1N. The highest BCUT2D eigenvalue weighted by Crippen LogP contribution is 2.28. The van der Waals surface area contributed by atoms with Gasteiger partial charge in [-0.15, -0.1) is 0 Å². The molecule has 0 spiro atoms. The van der Waals surface area contributed by atoms with Gasteiger partial charge in [0.25, 0.3) is 5.91 Å². The fourth-order valence-corrected chi connectivity index (χ4v) is 2.41. The Bertz CT molecular complexity index is 468. The lowest BCUT2D eigenvalue weighted by atomic mass is 10.0. The lowest BCUT2D eigenvalue weighted by Gasteiger charge is -2.22. The molecule has 4 N–H and O–H groups in total. The summed E-state index contributed by atoms with van der Waals surface area (Å²) in [5.41, 5.74) is 5.93. The quantitative estimate of drug-likeness (QED) is 0.716. The second-order valence-corrected chi connectivity index (χ2v) is 5.07. The summed E-state index contributed by atoms with van der Waals surface area (Å²) in [5, 5.41) is 12.9. The molecule has 1 aliphatic rings. The summed E-state index contributed by atoms with van der Waals surface area (Å²) < 4.78 is 5.08. The second kappa shape index (κ2) is 5.48. The number of rotatable bonds is 4. The van der Waals surface area contributed by atoms with Crippen molar-refractivity contribution < 1.29 is 14.6 Å². The van der Waals surface area contributed by atoms with Gasteiger partial charge in [0.05, 0.1) is 18.4 Å². The van der Waals surface area contributed by atoms with E-state index < -0.39 is 5.60 Å². The maximum Gasteiger partial charge on any atom is 0.251 e. The van der Waals surface area contributed by atoms with Gasteiger partial charge in [-0.3, -0.25) is 4.79 Å². The Morgan fingerprint density at radius 2 is 2.16 bits per heavy atom. The molecule has 1 fully saturated rings. The molecule has 0 unspecified atom stereocenters. The lowest BCUT2D eigenvalue weighted by Crippen LogP contribution is -2.40. The van der Waals surface area contributed by atoms with Gasteiger partial charge >= 0.3 is 0 Å². The summed E-state index contributed by atoms with van der Waals surface area (Å²) in [6.45, 7) is 0.290. The van der Waals surface area contributed by atoms with E-state index in [1.54, 1.807) is 18.2 Å². The Kier molecular flexibility index (Phi) is 3.95. The van der Waals surface area contributed by atoms with Crippen molar-refractivity contribution in [2.24, 2.45) is 0 Å². The van der Waals surface area contributed by atoms with Gasteiger partial charge in [-0.2, -0.15) is 0 Å². The van der Waals surface area contributed by atoms with Gasteiger partial charge in [0.15, 0.2) is 0 Å². The fraction of sp³-hybridized carbons (Fsp3) is 0.500. The Balaban J connectivity index is 1.99. The third-order valence-electron chi connectivity index (χ3n) is 3.61. The van der Waals surface area contributed by atoms with E-state index in [1.165, 1.54) is 7.11 Å². The van der Waals surface area contributed by atoms with Crippen LogP contribution in [0.4, 0.5) is 5.69 Å². The number of ether oxygens (including phenoxy) is 1. The average Bonchev–Trinajstić information content (AvgIpc) is 2.84. The zero-order chi connectivity index (χ0) is 13.9. The van der Waals surface area contributed by atoms with Crippen LogP contribution >= 0.6 is 0 Å². The van der Waals surface area contributed by atoms with E-state index in [9.17, 15) is 9.90 Å². The topological polar surface area (TPSA) is 84.6 Å². The van der Waals surface area contributed by atoms with Crippen molar-refractivity contribution >= 4 is 11.6 Å². The van der Waals surface area contributed by atoms with Crippen molar-refractivity contribution in [2.45, 2.75) is 31.3 Å². The van der Waals surface area contributed by atoms with E-state index >= 15 is 0 Å². The summed E-state index contributed by atoms with van der Waals surface area (Å²) in [5.74, 6) is 0.255. The number of anilines is 1. The molecule has 5 heteroatoms. The molecule has 1 aliphatic carbocycles. The van der Waals surface area contributed by atoms with Crippen LogP contribution in [0.15, 0.2) is 18.2 Å². The molecule has 0 aliphatic heterocycles. The molecule has 0 atom stereocenters. The molecular formula is C14H20N2O3. The minimum absolute atomic E-state index is 0.223. The van der Waals surface area contributed by atoms with Gasteiger partial charge in [-0.05, 0) is 31.0 Å². The molecular weight excluding hydrogens is 244 g/mol. The van der Waals surface area contributed by atoms with Crippen LogP contribution in [0.2, 0.25) is 0 Å². The zero-order valence-corrected chi connectivity index (χ0v) is 11.1. The van der Waals surface area contributed by atoms with Crippen LogP contribution in [0.1, 0.15) is 36.0 Å². The highest BCUT2D eigenvalue weighted by molar-refractivity contribution is 5.95. The average molecular weight is 264 g/mol. The number of carbonyl (C=O) groups excluding carboxylic acids is 1. The molecule has 2 rings (SSSR count).